The largest absolute Gasteiger partial charge is 0.481 e. The van der Waals surface area contributed by atoms with E-state index in [1.165, 1.54) is 5.56 Å². The molecule has 2 aromatic carbocycles. The summed E-state index contributed by atoms with van der Waals surface area (Å²) in [6.07, 6.45) is 0.927. The molecule has 0 aliphatic carbocycles. The number of benzene rings is 2. The quantitative estimate of drug-likeness (QED) is 0.868. The maximum atomic E-state index is 11.0. The molecule has 0 saturated heterocycles. The Kier molecular flexibility index (Phi) is 4.13. The first kappa shape index (κ1) is 12.4. The van der Waals surface area contributed by atoms with E-state index in [1.54, 1.807) is 0 Å². The lowest BCUT2D eigenvalue weighted by Gasteiger charge is -2.15. The molecule has 0 amide bonds. The first-order valence-electron chi connectivity index (χ1n) is 6.06. The highest BCUT2D eigenvalue weighted by Crippen LogP contribution is 2.24. The van der Waals surface area contributed by atoms with Gasteiger partial charge in [-0.05, 0) is 23.5 Å². The molecule has 0 aliphatic heterocycles. The van der Waals surface area contributed by atoms with Crippen molar-refractivity contribution >= 4 is 5.97 Å². The summed E-state index contributed by atoms with van der Waals surface area (Å²) >= 11 is 0. The van der Waals surface area contributed by atoms with E-state index in [0.29, 0.717) is 0 Å². The minimum absolute atomic E-state index is 0.0334. The minimum Gasteiger partial charge on any atom is -0.481 e. The number of aliphatic carboxylic acids is 1. The first-order chi connectivity index (χ1) is 8.75. The molecular formula is C16H16O2. The summed E-state index contributed by atoms with van der Waals surface area (Å²) < 4.78 is 0. The summed E-state index contributed by atoms with van der Waals surface area (Å²) in [6, 6.07) is 19.9. The Bertz CT molecular complexity index is 491. The van der Waals surface area contributed by atoms with Crippen LogP contribution in [0.2, 0.25) is 0 Å². The van der Waals surface area contributed by atoms with E-state index in [1.807, 2.05) is 60.7 Å². The lowest BCUT2D eigenvalue weighted by Crippen LogP contribution is -2.09. The molecule has 0 fully saturated rings. The second-order valence-electron chi connectivity index (χ2n) is 4.40. The van der Waals surface area contributed by atoms with E-state index in [2.05, 4.69) is 0 Å². The molecule has 0 saturated carbocycles. The van der Waals surface area contributed by atoms with E-state index in [-0.39, 0.29) is 12.3 Å². The van der Waals surface area contributed by atoms with E-state index < -0.39 is 5.97 Å². The minimum atomic E-state index is -0.750. The monoisotopic (exact) mass is 240 g/mol. The van der Waals surface area contributed by atoms with Gasteiger partial charge in [-0.3, -0.25) is 4.79 Å². The molecule has 0 bridgehead atoms. The Labute approximate surface area is 107 Å². The Morgan fingerprint density at radius 2 is 1.50 bits per heavy atom. The lowest BCUT2D eigenvalue weighted by molar-refractivity contribution is -0.137. The maximum absolute atomic E-state index is 11.0. The number of carboxylic acid groups (broad SMARTS) is 1. The normalized spacial score (nSPS) is 12.0. The molecule has 0 radical (unpaired) electrons. The van der Waals surface area contributed by atoms with Gasteiger partial charge in [-0.2, -0.15) is 0 Å². The smallest absolute Gasteiger partial charge is 0.303 e. The van der Waals surface area contributed by atoms with Gasteiger partial charge in [-0.25, -0.2) is 0 Å². The molecule has 2 rings (SSSR count). The summed E-state index contributed by atoms with van der Waals surface area (Å²) in [4.78, 5) is 11.0. The number of hydrogen-bond acceptors (Lipinski definition) is 1. The second-order valence-corrected chi connectivity index (χ2v) is 4.40. The van der Waals surface area contributed by atoms with Gasteiger partial charge in [0.1, 0.15) is 0 Å². The van der Waals surface area contributed by atoms with E-state index >= 15 is 0 Å². The average molecular weight is 240 g/mol. The van der Waals surface area contributed by atoms with Crippen LogP contribution in [0.4, 0.5) is 0 Å². The van der Waals surface area contributed by atoms with Crippen LogP contribution in [-0.4, -0.2) is 11.1 Å². The highest BCUT2D eigenvalue weighted by Gasteiger charge is 2.15. The lowest BCUT2D eigenvalue weighted by atomic mass is 9.89. The van der Waals surface area contributed by atoms with Crippen molar-refractivity contribution in [1.82, 2.24) is 0 Å². The van der Waals surface area contributed by atoms with Crippen LogP contribution in [0.5, 0.6) is 0 Å². The average Bonchev–Trinajstić information content (AvgIpc) is 2.40. The highest BCUT2D eigenvalue weighted by molar-refractivity contribution is 5.68. The van der Waals surface area contributed by atoms with E-state index in [4.69, 9.17) is 5.11 Å². The van der Waals surface area contributed by atoms with Crippen LogP contribution in [0.25, 0.3) is 0 Å². The fourth-order valence-electron chi connectivity index (χ4n) is 2.14. The van der Waals surface area contributed by atoms with Gasteiger partial charge >= 0.3 is 5.97 Å². The van der Waals surface area contributed by atoms with Crippen molar-refractivity contribution in [3.8, 4) is 0 Å². The zero-order valence-corrected chi connectivity index (χ0v) is 10.1. The summed E-state index contributed by atoms with van der Waals surface area (Å²) in [5.74, 6) is -0.717. The fraction of sp³-hybridized carbons (Fsp3) is 0.188. The molecule has 2 heteroatoms. The van der Waals surface area contributed by atoms with Gasteiger partial charge < -0.3 is 5.11 Å². The van der Waals surface area contributed by atoms with Gasteiger partial charge in [0.2, 0.25) is 0 Å². The summed E-state index contributed by atoms with van der Waals surface area (Å²) in [5, 5.41) is 9.02. The van der Waals surface area contributed by atoms with E-state index in [9.17, 15) is 4.79 Å². The number of carbonyl (C=O) groups is 1. The van der Waals surface area contributed by atoms with Gasteiger partial charge in [-0.1, -0.05) is 60.7 Å². The number of carboxylic acids is 1. The molecule has 2 aromatic rings. The molecule has 18 heavy (non-hydrogen) atoms. The van der Waals surface area contributed by atoms with Crippen LogP contribution in [0.15, 0.2) is 60.7 Å². The van der Waals surface area contributed by atoms with Gasteiger partial charge in [0.05, 0.1) is 6.42 Å². The number of hydrogen-bond donors (Lipinski definition) is 1. The first-order valence-corrected chi connectivity index (χ1v) is 6.06. The summed E-state index contributed by atoms with van der Waals surface area (Å²) in [7, 11) is 0. The fourth-order valence-corrected chi connectivity index (χ4v) is 2.14. The Morgan fingerprint density at radius 1 is 0.944 bits per heavy atom. The van der Waals surface area contributed by atoms with Crippen molar-refractivity contribution in [2.45, 2.75) is 18.8 Å². The molecular weight excluding hydrogens is 224 g/mol. The predicted molar refractivity (Wildman–Crippen MR) is 71.6 cm³/mol. The van der Waals surface area contributed by atoms with Crippen LogP contribution < -0.4 is 0 Å². The molecule has 0 spiro atoms. The Balaban J connectivity index is 2.18. The van der Waals surface area contributed by atoms with Crippen LogP contribution in [0.1, 0.15) is 23.5 Å². The third-order valence-corrected chi connectivity index (χ3v) is 3.02. The Morgan fingerprint density at radius 3 is 2.06 bits per heavy atom. The van der Waals surface area contributed by atoms with Crippen molar-refractivity contribution in [3.63, 3.8) is 0 Å². The zero-order chi connectivity index (χ0) is 12.8. The van der Waals surface area contributed by atoms with Crippen molar-refractivity contribution in [3.05, 3.63) is 71.8 Å². The third-order valence-electron chi connectivity index (χ3n) is 3.02. The van der Waals surface area contributed by atoms with E-state index in [0.717, 1.165) is 12.0 Å². The topological polar surface area (TPSA) is 37.3 Å². The molecule has 0 heterocycles. The maximum Gasteiger partial charge on any atom is 0.303 e. The van der Waals surface area contributed by atoms with Crippen LogP contribution in [0, 0.1) is 0 Å². The third kappa shape index (κ3) is 3.45. The van der Waals surface area contributed by atoms with Gasteiger partial charge in [0.15, 0.2) is 0 Å². The predicted octanol–water partition coefficient (Wildman–Crippen LogP) is 3.49. The van der Waals surface area contributed by atoms with Crippen molar-refractivity contribution < 1.29 is 9.90 Å². The van der Waals surface area contributed by atoms with Gasteiger partial charge in [-0.15, -0.1) is 0 Å². The highest BCUT2D eigenvalue weighted by atomic mass is 16.4. The molecule has 0 aromatic heterocycles. The molecule has 1 N–H and O–H groups in total. The molecule has 0 unspecified atom stereocenters. The SMILES string of the molecule is O=C(O)C[C@@H](Cc1ccccc1)c1ccccc1. The van der Waals surface area contributed by atoms with Gasteiger partial charge in [0, 0.05) is 0 Å². The molecule has 2 nitrogen and oxygen atoms in total. The summed E-state index contributed by atoms with van der Waals surface area (Å²) in [6.45, 7) is 0. The Hall–Kier alpha value is -2.09. The van der Waals surface area contributed by atoms with Gasteiger partial charge in [0.25, 0.3) is 0 Å². The van der Waals surface area contributed by atoms with Crippen molar-refractivity contribution in [2.75, 3.05) is 0 Å². The second kappa shape index (κ2) is 6.01. The molecule has 0 aliphatic rings. The summed E-state index contributed by atoms with van der Waals surface area (Å²) in [5.41, 5.74) is 2.26. The van der Waals surface area contributed by atoms with Crippen LogP contribution in [-0.2, 0) is 11.2 Å². The van der Waals surface area contributed by atoms with Crippen LogP contribution >= 0.6 is 0 Å². The van der Waals surface area contributed by atoms with Crippen molar-refractivity contribution in [2.24, 2.45) is 0 Å². The van der Waals surface area contributed by atoms with Crippen LogP contribution in [0.3, 0.4) is 0 Å². The number of rotatable bonds is 5. The standard InChI is InChI=1S/C16H16O2/c17-16(18)12-15(14-9-5-2-6-10-14)11-13-7-3-1-4-8-13/h1-10,15H,11-12H2,(H,17,18)/t15-/m1/s1. The molecule has 92 valence electrons. The van der Waals surface area contributed by atoms with Crippen molar-refractivity contribution in [1.29, 1.82) is 0 Å². The zero-order valence-electron chi connectivity index (χ0n) is 10.1. The molecule has 1 atom stereocenters.